The third-order valence-electron chi connectivity index (χ3n) is 3.24. The molecule has 0 aliphatic carbocycles. The van der Waals surface area contributed by atoms with Gasteiger partial charge < -0.3 is 10.3 Å². The van der Waals surface area contributed by atoms with Gasteiger partial charge in [-0.15, -0.1) is 0 Å². The Morgan fingerprint density at radius 1 is 1.50 bits per heavy atom. The molecule has 0 aliphatic rings. The molecule has 6 heteroatoms. The number of imidazole rings is 1. The Labute approximate surface area is 118 Å². The number of H-pyrrole nitrogens is 1. The molecule has 20 heavy (non-hydrogen) atoms. The Hall–Kier alpha value is -2.11. The fraction of sp³-hybridized carbons (Fsp3) is 0.500. The molecule has 2 N–H and O–H groups in total. The van der Waals surface area contributed by atoms with Crippen molar-refractivity contribution in [3.63, 3.8) is 0 Å². The van der Waals surface area contributed by atoms with Gasteiger partial charge in [-0.2, -0.15) is 5.10 Å². The van der Waals surface area contributed by atoms with Crippen LogP contribution in [0.15, 0.2) is 18.5 Å². The van der Waals surface area contributed by atoms with E-state index in [1.807, 2.05) is 26.8 Å². The van der Waals surface area contributed by atoms with Crippen LogP contribution in [0.1, 0.15) is 36.6 Å². The first kappa shape index (κ1) is 14.3. The number of hydrogen-bond donors (Lipinski definition) is 2. The van der Waals surface area contributed by atoms with Crippen LogP contribution in [0, 0.1) is 13.8 Å². The molecule has 2 rings (SSSR count). The van der Waals surface area contributed by atoms with Gasteiger partial charge in [0.1, 0.15) is 11.9 Å². The molecule has 108 valence electrons. The van der Waals surface area contributed by atoms with Crippen LogP contribution in [0.3, 0.4) is 0 Å². The minimum Gasteiger partial charge on any atom is -0.354 e. The van der Waals surface area contributed by atoms with Crippen LogP contribution in [0.25, 0.3) is 0 Å². The monoisotopic (exact) mass is 275 g/mol. The molecule has 1 amide bonds. The van der Waals surface area contributed by atoms with Gasteiger partial charge in [0.05, 0.1) is 5.69 Å². The second kappa shape index (κ2) is 6.36. The fourth-order valence-corrected chi connectivity index (χ4v) is 2.20. The van der Waals surface area contributed by atoms with Crippen LogP contribution < -0.4 is 5.32 Å². The van der Waals surface area contributed by atoms with E-state index in [2.05, 4.69) is 20.4 Å². The van der Waals surface area contributed by atoms with Crippen LogP contribution in [0.2, 0.25) is 0 Å². The Morgan fingerprint density at radius 2 is 2.30 bits per heavy atom. The summed E-state index contributed by atoms with van der Waals surface area (Å²) >= 11 is 0. The van der Waals surface area contributed by atoms with Crippen LogP contribution in [0.4, 0.5) is 0 Å². The number of aromatic nitrogens is 4. The second-order valence-corrected chi connectivity index (χ2v) is 4.98. The van der Waals surface area contributed by atoms with Crippen molar-refractivity contribution in [1.82, 2.24) is 25.1 Å². The molecule has 0 saturated heterocycles. The zero-order chi connectivity index (χ0) is 14.5. The molecule has 0 aromatic carbocycles. The summed E-state index contributed by atoms with van der Waals surface area (Å²) in [6.07, 6.45) is 5.24. The zero-order valence-electron chi connectivity index (χ0n) is 12.2. The van der Waals surface area contributed by atoms with Crippen molar-refractivity contribution in [2.24, 2.45) is 0 Å². The molecular formula is C14H21N5O. The van der Waals surface area contributed by atoms with Crippen molar-refractivity contribution in [2.45, 2.75) is 39.7 Å². The van der Waals surface area contributed by atoms with Crippen LogP contribution in [-0.4, -0.2) is 32.2 Å². The lowest BCUT2D eigenvalue weighted by molar-refractivity contribution is -0.124. The Morgan fingerprint density at radius 3 is 2.90 bits per heavy atom. The molecule has 1 unspecified atom stereocenters. The molecular weight excluding hydrogens is 254 g/mol. The quantitative estimate of drug-likeness (QED) is 0.785. The second-order valence-electron chi connectivity index (χ2n) is 4.98. The fourth-order valence-electron chi connectivity index (χ4n) is 2.20. The number of nitrogens with zero attached hydrogens (tertiary/aromatic N) is 3. The third-order valence-corrected chi connectivity index (χ3v) is 3.24. The number of carbonyl (C=O) groups is 1. The number of carbonyl (C=O) groups excluding carboxylic acids is 1. The van der Waals surface area contributed by atoms with E-state index in [0.29, 0.717) is 6.54 Å². The molecule has 0 fully saturated rings. The van der Waals surface area contributed by atoms with E-state index >= 15 is 0 Å². The van der Waals surface area contributed by atoms with E-state index in [1.165, 1.54) is 0 Å². The summed E-state index contributed by atoms with van der Waals surface area (Å²) in [6.45, 7) is 6.39. The highest BCUT2D eigenvalue weighted by Crippen LogP contribution is 2.10. The summed E-state index contributed by atoms with van der Waals surface area (Å²) in [5.41, 5.74) is 1.93. The van der Waals surface area contributed by atoms with Gasteiger partial charge in [-0.1, -0.05) is 0 Å². The average molecular weight is 275 g/mol. The SMILES string of the molecule is Cc1cc(C)n(C(C)C(=O)NCCCc2ncc[nH]2)n1. The highest BCUT2D eigenvalue weighted by Gasteiger charge is 2.17. The maximum atomic E-state index is 12.1. The first-order chi connectivity index (χ1) is 9.58. The molecule has 0 spiro atoms. The number of rotatable bonds is 6. The summed E-state index contributed by atoms with van der Waals surface area (Å²) in [7, 11) is 0. The van der Waals surface area contributed by atoms with Gasteiger partial charge in [0.2, 0.25) is 5.91 Å². The van der Waals surface area contributed by atoms with Crippen LogP contribution >= 0.6 is 0 Å². The van der Waals surface area contributed by atoms with Gasteiger partial charge in [-0.25, -0.2) is 4.98 Å². The maximum Gasteiger partial charge on any atom is 0.244 e. The molecule has 2 heterocycles. The summed E-state index contributed by atoms with van der Waals surface area (Å²) in [5, 5.41) is 7.28. The summed E-state index contributed by atoms with van der Waals surface area (Å²) in [5.74, 6) is 0.946. The molecule has 6 nitrogen and oxygen atoms in total. The first-order valence-electron chi connectivity index (χ1n) is 6.86. The molecule has 2 aromatic heterocycles. The average Bonchev–Trinajstić information content (AvgIpc) is 3.03. The predicted molar refractivity (Wildman–Crippen MR) is 76.3 cm³/mol. The molecule has 1 atom stereocenters. The zero-order valence-corrected chi connectivity index (χ0v) is 12.2. The molecule has 0 bridgehead atoms. The van der Waals surface area contributed by atoms with Gasteiger partial charge in [0.15, 0.2) is 0 Å². The van der Waals surface area contributed by atoms with Crippen molar-refractivity contribution in [3.05, 3.63) is 35.7 Å². The number of nitrogens with one attached hydrogen (secondary N) is 2. The third kappa shape index (κ3) is 3.46. The van der Waals surface area contributed by atoms with Crippen molar-refractivity contribution in [1.29, 1.82) is 0 Å². The molecule has 0 radical (unpaired) electrons. The lowest BCUT2D eigenvalue weighted by Crippen LogP contribution is -2.32. The number of aryl methyl sites for hydroxylation is 3. The lowest BCUT2D eigenvalue weighted by Gasteiger charge is -2.14. The number of aromatic amines is 1. The normalized spacial score (nSPS) is 12.3. The van der Waals surface area contributed by atoms with Crippen LogP contribution in [-0.2, 0) is 11.2 Å². The minimum atomic E-state index is -0.285. The smallest absolute Gasteiger partial charge is 0.244 e. The van der Waals surface area contributed by atoms with Crippen molar-refractivity contribution in [3.8, 4) is 0 Å². The van der Waals surface area contributed by atoms with Crippen molar-refractivity contribution in [2.75, 3.05) is 6.54 Å². The Bertz CT molecular complexity index is 558. The highest BCUT2D eigenvalue weighted by atomic mass is 16.2. The lowest BCUT2D eigenvalue weighted by atomic mass is 10.2. The predicted octanol–water partition coefficient (Wildman–Crippen LogP) is 1.53. The topological polar surface area (TPSA) is 75.6 Å². The van der Waals surface area contributed by atoms with Gasteiger partial charge in [-0.3, -0.25) is 9.48 Å². The Balaban J connectivity index is 1.78. The molecule has 2 aromatic rings. The first-order valence-corrected chi connectivity index (χ1v) is 6.86. The van der Waals surface area contributed by atoms with Crippen molar-refractivity contribution >= 4 is 5.91 Å². The van der Waals surface area contributed by atoms with Gasteiger partial charge in [0, 0.05) is 31.1 Å². The summed E-state index contributed by atoms with van der Waals surface area (Å²) in [6, 6.07) is 1.69. The van der Waals surface area contributed by atoms with Crippen LogP contribution in [0.5, 0.6) is 0 Å². The summed E-state index contributed by atoms with van der Waals surface area (Å²) < 4.78 is 1.76. The van der Waals surface area contributed by atoms with Gasteiger partial charge in [0.25, 0.3) is 0 Å². The van der Waals surface area contributed by atoms with Gasteiger partial charge >= 0.3 is 0 Å². The molecule has 0 aliphatic heterocycles. The highest BCUT2D eigenvalue weighted by molar-refractivity contribution is 5.79. The van der Waals surface area contributed by atoms with E-state index in [9.17, 15) is 4.79 Å². The Kier molecular flexibility index (Phi) is 4.55. The van der Waals surface area contributed by atoms with E-state index in [1.54, 1.807) is 17.1 Å². The standard InChI is InChI=1S/C14H21N5O/c1-10-9-11(2)19(18-10)12(3)14(20)17-6-4-5-13-15-7-8-16-13/h7-9,12H,4-6H2,1-3H3,(H,15,16)(H,17,20). The van der Waals surface area contributed by atoms with E-state index < -0.39 is 0 Å². The van der Waals surface area contributed by atoms with E-state index in [0.717, 1.165) is 30.1 Å². The largest absolute Gasteiger partial charge is 0.354 e. The van der Waals surface area contributed by atoms with E-state index in [-0.39, 0.29) is 11.9 Å². The molecule has 0 saturated carbocycles. The number of hydrogen-bond acceptors (Lipinski definition) is 3. The van der Waals surface area contributed by atoms with Gasteiger partial charge in [-0.05, 0) is 33.3 Å². The summed E-state index contributed by atoms with van der Waals surface area (Å²) in [4.78, 5) is 19.3. The minimum absolute atomic E-state index is 0.00403. The van der Waals surface area contributed by atoms with Crippen molar-refractivity contribution < 1.29 is 4.79 Å². The number of amides is 1. The van der Waals surface area contributed by atoms with E-state index in [4.69, 9.17) is 0 Å². The maximum absolute atomic E-state index is 12.1.